The van der Waals surface area contributed by atoms with E-state index < -0.39 is 0 Å². The second-order valence-corrected chi connectivity index (χ2v) is 4.69. The number of ether oxygens (including phenoxy) is 1. The van der Waals surface area contributed by atoms with Crippen LogP contribution in [0.3, 0.4) is 0 Å². The molecule has 20 heavy (non-hydrogen) atoms. The van der Waals surface area contributed by atoms with Crippen molar-refractivity contribution in [2.75, 3.05) is 19.0 Å². The topological polar surface area (TPSA) is 45.0 Å². The van der Waals surface area contributed by atoms with Gasteiger partial charge in [0, 0.05) is 12.8 Å². The number of rotatable bonds is 5. The van der Waals surface area contributed by atoms with E-state index in [1.165, 1.54) is 5.56 Å². The summed E-state index contributed by atoms with van der Waals surface area (Å²) < 4.78 is 5.13. The lowest BCUT2D eigenvalue weighted by atomic mass is 10.1. The number of para-hydroxylation sites is 1. The van der Waals surface area contributed by atoms with Crippen LogP contribution in [0.15, 0.2) is 42.5 Å². The molecular formula is C17H18N2O. The second-order valence-electron chi connectivity index (χ2n) is 4.69. The van der Waals surface area contributed by atoms with Crippen LogP contribution in [0.1, 0.15) is 16.7 Å². The maximum Gasteiger partial charge on any atom is 0.101 e. The van der Waals surface area contributed by atoms with Gasteiger partial charge in [0.2, 0.25) is 0 Å². The van der Waals surface area contributed by atoms with E-state index in [4.69, 9.17) is 4.74 Å². The third-order valence-electron chi connectivity index (χ3n) is 3.16. The van der Waals surface area contributed by atoms with Gasteiger partial charge in [-0.1, -0.05) is 24.3 Å². The number of aryl methyl sites for hydroxylation is 1. The predicted octanol–water partition coefficient (Wildman–Crippen LogP) is 3.80. The van der Waals surface area contributed by atoms with E-state index in [1.54, 1.807) is 7.11 Å². The lowest BCUT2D eigenvalue weighted by Gasteiger charge is -2.13. The highest BCUT2D eigenvalue weighted by atomic mass is 16.5. The second kappa shape index (κ2) is 6.74. The Labute approximate surface area is 119 Å². The van der Waals surface area contributed by atoms with Gasteiger partial charge in [0.25, 0.3) is 0 Å². The summed E-state index contributed by atoms with van der Waals surface area (Å²) in [6, 6.07) is 16.2. The maximum atomic E-state index is 9.22. The average Bonchev–Trinajstić information content (AvgIpc) is 2.48. The van der Waals surface area contributed by atoms with Crippen LogP contribution in [-0.4, -0.2) is 13.7 Å². The molecule has 0 aliphatic rings. The zero-order chi connectivity index (χ0) is 14.4. The molecule has 3 heteroatoms. The molecule has 0 amide bonds. The molecule has 0 heterocycles. The van der Waals surface area contributed by atoms with Gasteiger partial charge in [-0.2, -0.15) is 5.26 Å². The molecule has 0 bridgehead atoms. The number of benzene rings is 2. The van der Waals surface area contributed by atoms with Gasteiger partial charge < -0.3 is 10.1 Å². The van der Waals surface area contributed by atoms with Crippen molar-refractivity contribution in [3.05, 3.63) is 59.2 Å². The highest BCUT2D eigenvalue weighted by Crippen LogP contribution is 2.24. The van der Waals surface area contributed by atoms with Crippen LogP contribution in [0.5, 0.6) is 0 Å². The highest BCUT2D eigenvalue weighted by Gasteiger charge is 2.06. The zero-order valence-corrected chi connectivity index (χ0v) is 11.8. The minimum absolute atomic E-state index is 0.659. The molecule has 102 valence electrons. The van der Waals surface area contributed by atoms with Crippen molar-refractivity contribution in [1.29, 1.82) is 5.26 Å². The fourth-order valence-electron chi connectivity index (χ4n) is 2.08. The van der Waals surface area contributed by atoms with E-state index in [1.807, 2.05) is 43.3 Å². The average molecular weight is 266 g/mol. The zero-order valence-electron chi connectivity index (χ0n) is 11.8. The lowest BCUT2D eigenvalue weighted by molar-refractivity contribution is 0.202. The van der Waals surface area contributed by atoms with Gasteiger partial charge >= 0.3 is 0 Å². The summed E-state index contributed by atoms with van der Waals surface area (Å²) in [5, 5.41) is 12.6. The number of hydrogen-bond acceptors (Lipinski definition) is 3. The number of hydrogen-bond donors (Lipinski definition) is 1. The summed E-state index contributed by atoms with van der Waals surface area (Å²) in [7, 11) is 1.70. The van der Waals surface area contributed by atoms with Gasteiger partial charge in [-0.15, -0.1) is 0 Å². The minimum Gasteiger partial charge on any atom is -0.384 e. The Kier molecular flexibility index (Phi) is 4.75. The Morgan fingerprint density at radius 3 is 2.70 bits per heavy atom. The van der Waals surface area contributed by atoms with Gasteiger partial charge in [0.1, 0.15) is 6.07 Å². The van der Waals surface area contributed by atoms with E-state index in [0.717, 1.165) is 23.4 Å². The van der Waals surface area contributed by atoms with Crippen LogP contribution >= 0.6 is 0 Å². The molecule has 0 saturated carbocycles. The molecule has 2 aromatic carbocycles. The summed E-state index contributed by atoms with van der Waals surface area (Å²) in [6.45, 7) is 2.66. The first-order chi connectivity index (χ1) is 9.74. The van der Waals surface area contributed by atoms with Crippen molar-refractivity contribution >= 4 is 11.4 Å². The smallest absolute Gasteiger partial charge is 0.101 e. The molecule has 3 nitrogen and oxygen atoms in total. The SMILES string of the molecule is COCCc1ccccc1Nc1ccc(C)cc1C#N. The normalized spacial score (nSPS) is 10.1. The number of nitrogens with one attached hydrogen (secondary N) is 1. The highest BCUT2D eigenvalue weighted by molar-refractivity contribution is 5.69. The van der Waals surface area contributed by atoms with Crippen LogP contribution in [0, 0.1) is 18.3 Å². The summed E-state index contributed by atoms with van der Waals surface area (Å²) in [5.74, 6) is 0. The lowest BCUT2D eigenvalue weighted by Crippen LogP contribution is -2.01. The summed E-state index contributed by atoms with van der Waals surface area (Å²) >= 11 is 0. The van der Waals surface area contributed by atoms with Gasteiger partial charge in [-0.25, -0.2) is 0 Å². The molecule has 0 radical (unpaired) electrons. The number of anilines is 2. The van der Waals surface area contributed by atoms with Crippen molar-refractivity contribution in [3.63, 3.8) is 0 Å². The van der Waals surface area contributed by atoms with Crippen LogP contribution in [0.4, 0.5) is 11.4 Å². The van der Waals surface area contributed by atoms with E-state index in [9.17, 15) is 5.26 Å². The molecule has 0 aliphatic heterocycles. The molecule has 0 unspecified atom stereocenters. The van der Waals surface area contributed by atoms with Crippen LogP contribution in [0.25, 0.3) is 0 Å². The standard InChI is InChI=1S/C17H18N2O/c1-13-7-8-17(15(11-13)12-18)19-16-6-4-3-5-14(16)9-10-20-2/h3-8,11,19H,9-10H2,1-2H3. The molecule has 2 aromatic rings. The molecule has 2 rings (SSSR count). The number of nitriles is 1. The van der Waals surface area contributed by atoms with E-state index >= 15 is 0 Å². The molecule has 0 fully saturated rings. The quantitative estimate of drug-likeness (QED) is 0.895. The third kappa shape index (κ3) is 3.37. The molecule has 0 atom stereocenters. The van der Waals surface area contributed by atoms with E-state index in [-0.39, 0.29) is 0 Å². The fourth-order valence-corrected chi connectivity index (χ4v) is 2.08. The van der Waals surface area contributed by atoms with E-state index in [0.29, 0.717) is 12.2 Å². The first-order valence-electron chi connectivity index (χ1n) is 6.59. The number of methoxy groups -OCH3 is 1. The van der Waals surface area contributed by atoms with Crippen LogP contribution in [0.2, 0.25) is 0 Å². The van der Waals surface area contributed by atoms with E-state index in [2.05, 4.69) is 17.5 Å². The Morgan fingerprint density at radius 2 is 1.95 bits per heavy atom. The Balaban J connectivity index is 2.28. The molecular weight excluding hydrogens is 248 g/mol. The molecule has 0 aromatic heterocycles. The summed E-state index contributed by atoms with van der Waals surface area (Å²) in [4.78, 5) is 0. The summed E-state index contributed by atoms with van der Waals surface area (Å²) in [6.07, 6.45) is 0.841. The van der Waals surface area contributed by atoms with Gasteiger partial charge in [0.15, 0.2) is 0 Å². The van der Waals surface area contributed by atoms with Crippen molar-refractivity contribution < 1.29 is 4.74 Å². The van der Waals surface area contributed by atoms with Gasteiger partial charge in [-0.3, -0.25) is 0 Å². The Hall–Kier alpha value is -2.31. The van der Waals surface area contributed by atoms with Crippen molar-refractivity contribution in [3.8, 4) is 6.07 Å². The van der Waals surface area contributed by atoms with Crippen molar-refractivity contribution in [2.45, 2.75) is 13.3 Å². The largest absolute Gasteiger partial charge is 0.384 e. The molecule has 0 spiro atoms. The first kappa shape index (κ1) is 14.1. The molecule has 0 aliphatic carbocycles. The molecule has 0 saturated heterocycles. The van der Waals surface area contributed by atoms with Gasteiger partial charge in [0.05, 0.1) is 17.9 Å². The van der Waals surface area contributed by atoms with Gasteiger partial charge in [-0.05, 0) is 42.7 Å². The minimum atomic E-state index is 0.659. The molecule has 1 N–H and O–H groups in total. The summed E-state index contributed by atoms with van der Waals surface area (Å²) in [5.41, 5.74) is 4.78. The first-order valence-corrected chi connectivity index (χ1v) is 6.59. The van der Waals surface area contributed by atoms with Crippen LogP contribution in [-0.2, 0) is 11.2 Å². The third-order valence-corrected chi connectivity index (χ3v) is 3.16. The Bertz CT molecular complexity index is 629. The van der Waals surface area contributed by atoms with Crippen LogP contribution < -0.4 is 5.32 Å². The maximum absolute atomic E-state index is 9.22. The monoisotopic (exact) mass is 266 g/mol. The Morgan fingerprint density at radius 1 is 1.15 bits per heavy atom. The fraction of sp³-hybridized carbons (Fsp3) is 0.235. The van der Waals surface area contributed by atoms with Crippen molar-refractivity contribution in [1.82, 2.24) is 0 Å². The van der Waals surface area contributed by atoms with Crippen molar-refractivity contribution in [2.24, 2.45) is 0 Å². The number of nitrogens with zero attached hydrogens (tertiary/aromatic N) is 1. The predicted molar refractivity (Wildman–Crippen MR) is 81.2 cm³/mol.